The fraction of sp³-hybridized carbons (Fsp3) is 0.359. The minimum absolute atomic E-state index is 0.0842. The van der Waals surface area contributed by atoms with Gasteiger partial charge in [-0.2, -0.15) is 0 Å². The van der Waals surface area contributed by atoms with E-state index in [1.54, 1.807) is 18.2 Å². The third-order valence-corrected chi connectivity index (χ3v) is 9.63. The van der Waals surface area contributed by atoms with E-state index < -0.39 is 5.92 Å². The second-order valence-electron chi connectivity index (χ2n) is 14.5. The molecule has 238 valence electrons. The molecule has 0 fully saturated rings. The van der Waals surface area contributed by atoms with Gasteiger partial charge in [-0.05, 0) is 71.6 Å². The second-order valence-corrected chi connectivity index (χ2v) is 14.9. The van der Waals surface area contributed by atoms with Crippen LogP contribution in [0.2, 0.25) is 5.02 Å². The largest absolute Gasteiger partial charge is 0.484 e. The molecule has 1 amide bonds. The van der Waals surface area contributed by atoms with E-state index in [1.165, 1.54) is 0 Å². The number of amides is 1. The number of hydrogen-bond acceptors (Lipinski definition) is 5. The fourth-order valence-electron chi connectivity index (χ4n) is 7.14. The van der Waals surface area contributed by atoms with Gasteiger partial charge in [0.1, 0.15) is 5.75 Å². The molecule has 6 rings (SSSR count). The first-order valence-electron chi connectivity index (χ1n) is 15.9. The topological polar surface area (TPSA) is 75.7 Å². The first kappa shape index (κ1) is 31.8. The summed E-state index contributed by atoms with van der Waals surface area (Å²) in [5.41, 5.74) is 6.52. The number of carbonyl (C=O) groups excluding carboxylic acids is 3. The number of ketones is 2. The van der Waals surface area contributed by atoms with Crippen LogP contribution in [0.25, 0.3) is 0 Å². The molecule has 1 N–H and O–H groups in total. The normalized spacial score (nSPS) is 19.1. The van der Waals surface area contributed by atoms with Gasteiger partial charge < -0.3 is 15.0 Å². The number of benzene rings is 3. The number of Topliss-reactive ketones (excluding diaryl/α,β-unsaturated/α-hetero) is 2. The first-order chi connectivity index (χ1) is 21.8. The number of anilines is 1. The number of halogens is 1. The van der Waals surface area contributed by atoms with Gasteiger partial charge in [0.05, 0.1) is 0 Å². The summed E-state index contributed by atoms with van der Waals surface area (Å²) >= 11 is 6.22. The predicted molar refractivity (Wildman–Crippen MR) is 182 cm³/mol. The molecule has 7 heteroatoms. The van der Waals surface area contributed by atoms with Gasteiger partial charge in [0, 0.05) is 58.6 Å². The van der Waals surface area contributed by atoms with E-state index >= 15 is 0 Å². The van der Waals surface area contributed by atoms with Gasteiger partial charge in [-0.1, -0.05) is 87.8 Å². The van der Waals surface area contributed by atoms with Gasteiger partial charge in [0.15, 0.2) is 18.2 Å². The molecule has 0 saturated carbocycles. The highest BCUT2D eigenvalue weighted by Crippen LogP contribution is 2.55. The minimum atomic E-state index is -0.490. The quantitative estimate of drug-likeness (QED) is 0.281. The van der Waals surface area contributed by atoms with E-state index in [-0.39, 0.29) is 34.9 Å². The molecule has 0 unspecified atom stereocenters. The molecule has 0 bridgehead atoms. The van der Waals surface area contributed by atoms with Crippen LogP contribution in [0, 0.1) is 17.8 Å². The lowest BCUT2D eigenvalue weighted by Crippen LogP contribution is -2.44. The average molecular weight is 637 g/mol. The molecule has 0 radical (unpaired) electrons. The summed E-state index contributed by atoms with van der Waals surface area (Å²) in [6.07, 6.45) is 2.32. The van der Waals surface area contributed by atoms with Crippen LogP contribution >= 0.6 is 11.6 Å². The van der Waals surface area contributed by atoms with Crippen molar-refractivity contribution in [2.75, 3.05) is 11.9 Å². The van der Waals surface area contributed by atoms with Gasteiger partial charge in [-0.25, -0.2) is 0 Å². The van der Waals surface area contributed by atoms with Crippen molar-refractivity contribution in [3.8, 4) is 5.75 Å². The lowest BCUT2D eigenvalue weighted by atomic mass is 9.63. The number of aryl methyl sites for hydroxylation is 1. The molecule has 3 aromatic rings. The fourth-order valence-corrected chi connectivity index (χ4v) is 7.32. The number of rotatable bonds is 7. The zero-order valence-corrected chi connectivity index (χ0v) is 28.0. The van der Waals surface area contributed by atoms with Gasteiger partial charge in [-0.15, -0.1) is 0 Å². The molecule has 0 saturated heterocycles. The summed E-state index contributed by atoms with van der Waals surface area (Å²) in [4.78, 5) is 43.3. The number of carbonyl (C=O) groups is 3. The Bertz CT molecular complexity index is 1730. The summed E-state index contributed by atoms with van der Waals surface area (Å²) in [5, 5.41) is 3.40. The van der Waals surface area contributed by atoms with Crippen molar-refractivity contribution in [1.29, 1.82) is 0 Å². The number of ether oxygens (including phenoxy) is 1. The van der Waals surface area contributed by atoms with Gasteiger partial charge in [0.2, 0.25) is 0 Å². The van der Waals surface area contributed by atoms with Crippen LogP contribution < -0.4 is 10.1 Å². The minimum Gasteiger partial charge on any atom is -0.484 e. The Kier molecular flexibility index (Phi) is 8.45. The van der Waals surface area contributed by atoms with Crippen LogP contribution in [0.15, 0.2) is 95.3 Å². The Morgan fingerprint density at radius 1 is 0.848 bits per heavy atom. The Morgan fingerprint density at radius 3 is 2.09 bits per heavy atom. The number of nitrogens with one attached hydrogen (secondary N) is 1. The Morgan fingerprint density at radius 2 is 1.48 bits per heavy atom. The van der Waals surface area contributed by atoms with Gasteiger partial charge >= 0.3 is 0 Å². The van der Waals surface area contributed by atoms with Crippen LogP contribution in [-0.4, -0.2) is 29.0 Å². The molecule has 1 aliphatic heterocycles. The maximum absolute atomic E-state index is 14.1. The van der Waals surface area contributed by atoms with Crippen LogP contribution in [0.1, 0.15) is 76.0 Å². The van der Waals surface area contributed by atoms with Crippen LogP contribution in [0.3, 0.4) is 0 Å². The summed E-state index contributed by atoms with van der Waals surface area (Å²) in [6, 6.07) is 23.1. The molecule has 2 aliphatic carbocycles. The van der Waals surface area contributed by atoms with Gasteiger partial charge in [0.25, 0.3) is 5.91 Å². The predicted octanol–water partition coefficient (Wildman–Crippen LogP) is 8.55. The van der Waals surface area contributed by atoms with Crippen LogP contribution in [0.5, 0.6) is 5.75 Å². The van der Waals surface area contributed by atoms with Crippen molar-refractivity contribution in [3.63, 3.8) is 0 Å². The highest BCUT2D eigenvalue weighted by Gasteiger charge is 2.49. The van der Waals surface area contributed by atoms with E-state index in [4.69, 9.17) is 16.3 Å². The van der Waals surface area contributed by atoms with Crippen molar-refractivity contribution in [1.82, 2.24) is 4.90 Å². The smallest absolute Gasteiger partial charge is 0.262 e. The van der Waals surface area contributed by atoms with E-state index in [2.05, 4.69) is 50.0 Å². The maximum atomic E-state index is 14.1. The summed E-state index contributed by atoms with van der Waals surface area (Å²) in [7, 11) is 0. The Labute approximate surface area is 276 Å². The monoisotopic (exact) mass is 636 g/mol. The van der Waals surface area contributed by atoms with E-state index in [1.807, 2.05) is 49.4 Å². The molecule has 0 aromatic heterocycles. The van der Waals surface area contributed by atoms with Crippen LogP contribution in [-0.2, 0) is 20.9 Å². The third-order valence-electron chi connectivity index (χ3n) is 9.22. The summed E-state index contributed by atoms with van der Waals surface area (Å²) in [6.45, 7) is 10.9. The molecule has 3 aliphatic rings. The van der Waals surface area contributed by atoms with Crippen molar-refractivity contribution in [2.45, 2.75) is 72.8 Å². The third kappa shape index (κ3) is 6.54. The number of nitrogens with zero attached hydrogens (tertiary/aromatic N) is 1. The summed E-state index contributed by atoms with van der Waals surface area (Å²) < 4.78 is 5.96. The molecular weight excluding hydrogens is 596 g/mol. The lowest BCUT2D eigenvalue weighted by molar-refractivity contribution is -0.120. The average Bonchev–Trinajstić information content (AvgIpc) is 2.98. The first-order valence-corrected chi connectivity index (χ1v) is 16.3. The van der Waals surface area contributed by atoms with E-state index in [0.717, 1.165) is 40.9 Å². The zero-order valence-electron chi connectivity index (χ0n) is 27.2. The Hall–Kier alpha value is -4.16. The molecular formula is C39H41ClN2O4. The highest BCUT2D eigenvalue weighted by atomic mass is 35.5. The summed E-state index contributed by atoms with van der Waals surface area (Å²) in [5.74, 6) is -0.139. The second kappa shape index (κ2) is 12.2. The highest BCUT2D eigenvalue weighted by molar-refractivity contribution is 6.31. The number of allylic oxidation sites excluding steroid dienone is 4. The Balaban J connectivity index is 1.37. The maximum Gasteiger partial charge on any atom is 0.262 e. The molecule has 3 aromatic carbocycles. The van der Waals surface area contributed by atoms with E-state index in [9.17, 15) is 14.4 Å². The molecule has 0 spiro atoms. The number of hydrogen-bond donors (Lipinski definition) is 1. The van der Waals surface area contributed by atoms with Crippen molar-refractivity contribution in [3.05, 3.63) is 117 Å². The molecule has 0 atom stereocenters. The SMILES string of the molecule is Cc1ccc(NC(=O)COc2cccc(C3C4=C(CC(C)(C)CC4=O)N(Cc4ccccc4)C4=C3C(=O)CC(C)(C)C4)c2)cc1Cl. The van der Waals surface area contributed by atoms with Crippen LogP contribution in [0.4, 0.5) is 5.69 Å². The zero-order chi connectivity index (χ0) is 32.8. The van der Waals surface area contributed by atoms with Gasteiger partial charge in [-0.3, -0.25) is 14.4 Å². The van der Waals surface area contributed by atoms with Crippen molar-refractivity contribution in [2.24, 2.45) is 10.8 Å². The standard InChI is InChI=1S/C39H41ClN2O4/c1-24-14-15-27(17-29(24)40)41-34(45)23-46-28-13-9-12-26(16-28)35-36-30(18-38(2,3)20-32(36)43)42(22-25-10-7-6-8-11-25)31-19-39(4,5)21-33(44)37(31)35/h6-17,35H,18-23H2,1-5H3,(H,41,45). The van der Waals surface area contributed by atoms with Crippen molar-refractivity contribution >= 4 is 34.8 Å². The molecule has 46 heavy (non-hydrogen) atoms. The molecule has 6 nitrogen and oxygen atoms in total. The lowest BCUT2D eigenvalue weighted by Gasteiger charge is -2.49. The van der Waals surface area contributed by atoms with Crippen molar-refractivity contribution < 1.29 is 19.1 Å². The molecule has 1 heterocycles. The van der Waals surface area contributed by atoms with E-state index in [0.29, 0.717) is 47.0 Å².